The van der Waals surface area contributed by atoms with Gasteiger partial charge < -0.3 is 15.4 Å². The number of benzene rings is 2. The van der Waals surface area contributed by atoms with Gasteiger partial charge in [0.25, 0.3) is 0 Å². The molecular weight excluding hydrogens is 472 g/mol. The van der Waals surface area contributed by atoms with E-state index in [1.807, 2.05) is 0 Å². The molecule has 9 heteroatoms. The lowest BCUT2D eigenvalue weighted by molar-refractivity contribution is 0.416. The van der Waals surface area contributed by atoms with E-state index in [4.69, 9.17) is 16.3 Å². The van der Waals surface area contributed by atoms with E-state index in [9.17, 15) is 8.42 Å². The van der Waals surface area contributed by atoms with E-state index in [1.54, 1.807) is 45.2 Å². The standard InChI is InChI=1S/C25H29ClN4O3S/c1-16(2)34(31,32)23-12-8-7-11-20(23)28-24-19(26)15-27-25(30-24)29-21-13-17-9-5-4-6-10-18(17)14-22(21)33-3/h7-8,11-16H,4-6,9-10H2,1-3H3,(H2,27,28,29,30). The van der Waals surface area contributed by atoms with Crippen molar-refractivity contribution >= 4 is 44.6 Å². The van der Waals surface area contributed by atoms with E-state index in [1.165, 1.54) is 36.6 Å². The van der Waals surface area contributed by atoms with Crippen LogP contribution in [0.3, 0.4) is 0 Å². The molecule has 1 aromatic heterocycles. The van der Waals surface area contributed by atoms with Gasteiger partial charge in [-0.2, -0.15) is 4.98 Å². The van der Waals surface area contributed by atoms with E-state index < -0.39 is 15.1 Å². The van der Waals surface area contributed by atoms with Gasteiger partial charge in [-0.3, -0.25) is 0 Å². The third-order valence-electron chi connectivity index (χ3n) is 5.97. The maximum Gasteiger partial charge on any atom is 0.229 e. The van der Waals surface area contributed by atoms with Crippen molar-refractivity contribution in [2.45, 2.75) is 56.1 Å². The molecule has 0 unspecified atom stereocenters. The maximum atomic E-state index is 12.8. The number of hydrogen-bond donors (Lipinski definition) is 2. The number of halogens is 1. The number of rotatable bonds is 7. The SMILES string of the molecule is COc1cc2c(cc1Nc1ncc(Cl)c(Nc3ccccc3S(=O)(=O)C(C)C)n1)CCCCC2. The molecule has 1 heterocycles. The number of fused-ring (bicyclic) bond motifs is 1. The number of anilines is 4. The number of aromatic nitrogens is 2. The van der Waals surface area contributed by atoms with Crippen LogP contribution in [0.1, 0.15) is 44.2 Å². The first-order chi connectivity index (χ1) is 16.3. The molecule has 0 radical (unpaired) electrons. The Hall–Kier alpha value is -2.84. The minimum absolute atomic E-state index is 0.196. The van der Waals surface area contributed by atoms with Crippen molar-refractivity contribution in [3.63, 3.8) is 0 Å². The summed E-state index contributed by atoms with van der Waals surface area (Å²) in [5, 5.41) is 6.04. The van der Waals surface area contributed by atoms with Crippen molar-refractivity contribution < 1.29 is 13.2 Å². The zero-order valence-corrected chi connectivity index (χ0v) is 21.1. The summed E-state index contributed by atoms with van der Waals surface area (Å²) in [6.45, 7) is 3.31. The average Bonchev–Trinajstić information content (AvgIpc) is 3.05. The fourth-order valence-electron chi connectivity index (χ4n) is 4.04. The number of hydrogen-bond acceptors (Lipinski definition) is 7. The molecule has 3 aromatic rings. The topological polar surface area (TPSA) is 93.2 Å². The summed E-state index contributed by atoms with van der Waals surface area (Å²) in [5.74, 6) is 1.35. The minimum atomic E-state index is -3.50. The highest BCUT2D eigenvalue weighted by molar-refractivity contribution is 7.92. The molecule has 0 fully saturated rings. The van der Waals surface area contributed by atoms with Gasteiger partial charge in [0.05, 0.1) is 34.8 Å². The first-order valence-electron chi connectivity index (χ1n) is 11.4. The molecular formula is C25H29ClN4O3S. The Bertz CT molecular complexity index is 1300. The van der Waals surface area contributed by atoms with E-state index in [0.29, 0.717) is 17.5 Å². The molecule has 4 rings (SSSR count). The van der Waals surface area contributed by atoms with Gasteiger partial charge in [-0.25, -0.2) is 13.4 Å². The molecule has 7 nitrogen and oxygen atoms in total. The molecule has 0 saturated carbocycles. The van der Waals surface area contributed by atoms with Crippen LogP contribution in [0, 0.1) is 0 Å². The molecule has 0 spiro atoms. The van der Waals surface area contributed by atoms with Gasteiger partial charge in [0.1, 0.15) is 10.8 Å². The Morgan fingerprint density at radius 3 is 2.41 bits per heavy atom. The van der Waals surface area contributed by atoms with Gasteiger partial charge in [-0.1, -0.05) is 30.2 Å². The second kappa shape index (κ2) is 10.2. The lowest BCUT2D eigenvalue weighted by Crippen LogP contribution is -2.15. The van der Waals surface area contributed by atoms with Crippen LogP contribution in [-0.4, -0.2) is 30.7 Å². The Balaban J connectivity index is 1.66. The first kappa shape index (κ1) is 24.3. The van der Waals surface area contributed by atoms with Gasteiger partial charge in [0.15, 0.2) is 15.7 Å². The third-order valence-corrected chi connectivity index (χ3v) is 8.46. The van der Waals surface area contributed by atoms with Crippen LogP contribution in [0.5, 0.6) is 5.75 Å². The number of para-hydroxylation sites is 1. The first-order valence-corrected chi connectivity index (χ1v) is 13.3. The highest BCUT2D eigenvalue weighted by atomic mass is 35.5. The van der Waals surface area contributed by atoms with Crippen LogP contribution in [0.4, 0.5) is 23.1 Å². The predicted octanol–water partition coefficient (Wildman–Crippen LogP) is 6.08. The monoisotopic (exact) mass is 500 g/mol. The van der Waals surface area contributed by atoms with Crippen molar-refractivity contribution in [1.29, 1.82) is 0 Å². The van der Waals surface area contributed by atoms with Crippen LogP contribution in [0.2, 0.25) is 5.02 Å². The van der Waals surface area contributed by atoms with E-state index in [0.717, 1.165) is 24.3 Å². The number of aryl methyl sites for hydroxylation is 2. The molecule has 1 aliphatic rings. The van der Waals surface area contributed by atoms with Crippen LogP contribution < -0.4 is 15.4 Å². The van der Waals surface area contributed by atoms with E-state index in [2.05, 4.69) is 32.7 Å². The summed E-state index contributed by atoms with van der Waals surface area (Å²) in [7, 11) is -1.86. The number of nitrogens with zero attached hydrogens (tertiary/aromatic N) is 2. The largest absolute Gasteiger partial charge is 0.495 e. The molecule has 0 atom stereocenters. The van der Waals surface area contributed by atoms with Crippen molar-refractivity contribution in [3.8, 4) is 5.75 Å². The normalized spacial score (nSPS) is 13.8. The summed E-state index contributed by atoms with van der Waals surface area (Å²) in [6, 6.07) is 10.9. The number of methoxy groups -OCH3 is 1. The quantitative estimate of drug-likeness (QED) is 0.380. The maximum absolute atomic E-state index is 12.8. The summed E-state index contributed by atoms with van der Waals surface area (Å²) < 4.78 is 31.3. The second-order valence-corrected chi connectivity index (χ2v) is 11.5. The number of ether oxygens (including phenoxy) is 1. The summed E-state index contributed by atoms with van der Waals surface area (Å²) in [5.41, 5.74) is 3.81. The Morgan fingerprint density at radius 2 is 1.71 bits per heavy atom. The van der Waals surface area contributed by atoms with Crippen LogP contribution in [-0.2, 0) is 22.7 Å². The van der Waals surface area contributed by atoms with Crippen molar-refractivity contribution in [1.82, 2.24) is 9.97 Å². The van der Waals surface area contributed by atoms with Gasteiger partial charge in [0, 0.05) is 0 Å². The lowest BCUT2D eigenvalue weighted by atomic mass is 10.0. The Labute approximate surface area is 205 Å². The lowest BCUT2D eigenvalue weighted by Gasteiger charge is -2.17. The number of sulfone groups is 1. The molecule has 2 N–H and O–H groups in total. The Morgan fingerprint density at radius 1 is 1.00 bits per heavy atom. The van der Waals surface area contributed by atoms with Crippen LogP contribution >= 0.6 is 11.6 Å². The van der Waals surface area contributed by atoms with E-state index >= 15 is 0 Å². The van der Waals surface area contributed by atoms with Gasteiger partial charge in [-0.15, -0.1) is 0 Å². The van der Waals surface area contributed by atoms with Crippen molar-refractivity contribution in [2.75, 3.05) is 17.7 Å². The van der Waals surface area contributed by atoms with Gasteiger partial charge in [0.2, 0.25) is 5.95 Å². The van der Waals surface area contributed by atoms with Crippen LogP contribution in [0.15, 0.2) is 47.5 Å². The molecule has 2 aromatic carbocycles. The summed E-state index contributed by atoms with van der Waals surface area (Å²) in [6.07, 6.45) is 7.15. The van der Waals surface area contributed by atoms with Crippen LogP contribution in [0.25, 0.3) is 0 Å². The smallest absolute Gasteiger partial charge is 0.229 e. The Kier molecular flexibility index (Phi) is 7.28. The molecule has 0 amide bonds. The number of nitrogens with one attached hydrogen (secondary N) is 2. The highest BCUT2D eigenvalue weighted by Gasteiger charge is 2.23. The van der Waals surface area contributed by atoms with Crippen molar-refractivity contribution in [3.05, 3.63) is 58.7 Å². The summed E-state index contributed by atoms with van der Waals surface area (Å²) in [4.78, 5) is 9.03. The molecule has 0 aliphatic heterocycles. The van der Waals surface area contributed by atoms with Gasteiger partial charge in [-0.05, 0) is 74.9 Å². The molecule has 1 aliphatic carbocycles. The average molecular weight is 501 g/mol. The highest BCUT2D eigenvalue weighted by Crippen LogP contribution is 2.35. The fourth-order valence-corrected chi connectivity index (χ4v) is 5.38. The van der Waals surface area contributed by atoms with Crippen molar-refractivity contribution in [2.24, 2.45) is 0 Å². The minimum Gasteiger partial charge on any atom is -0.495 e. The van der Waals surface area contributed by atoms with E-state index in [-0.39, 0.29) is 9.92 Å². The molecule has 34 heavy (non-hydrogen) atoms. The fraction of sp³-hybridized carbons (Fsp3) is 0.360. The molecule has 0 bridgehead atoms. The summed E-state index contributed by atoms with van der Waals surface area (Å²) >= 11 is 6.36. The molecule has 0 saturated heterocycles. The zero-order chi connectivity index (χ0) is 24.3. The molecule has 180 valence electrons. The third kappa shape index (κ3) is 5.13. The second-order valence-electron chi connectivity index (χ2n) is 8.61. The zero-order valence-electron chi connectivity index (χ0n) is 19.6. The predicted molar refractivity (Wildman–Crippen MR) is 137 cm³/mol. The van der Waals surface area contributed by atoms with Gasteiger partial charge >= 0.3 is 0 Å².